The molecule has 0 saturated carbocycles. The highest BCUT2D eigenvalue weighted by Crippen LogP contribution is 2.26. The van der Waals surface area contributed by atoms with Gasteiger partial charge in [-0.1, -0.05) is 25.1 Å². The highest BCUT2D eigenvalue weighted by molar-refractivity contribution is 5.27. The molecule has 1 saturated heterocycles. The Bertz CT molecular complexity index is 854. The van der Waals surface area contributed by atoms with E-state index in [2.05, 4.69) is 44.1 Å². The highest BCUT2D eigenvalue weighted by atomic mass is 16.5. The Kier molecular flexibility index (Phi) is 5.97. The standard InChI is InChI=1S/C22H27N5O/c1-2-21-24-22(26-25-21)18-10-13-27(14-11-18)15-17-6-8-20(9-7-17)28-16-19-5-3-4-12-23-19/h3-9,12,18H,2,10-11,13-16H2,1H3,(H,24,25,26). The highest BCUT2D eigenvalue weighted by Gasteiger charge is 2.23. The molecule has 146 valence electrons. The van der Waals surface area contributed by atoms with Crippen LogP contribution < -0.4 is 4.74 Å². The minimum absolute atomic E-state index is 0.482. The molecule has 6 nitrogen and oxygen atoms in total. The van der Waals surface area contributed by atoms with E-state index in [1.165, 1.54) is 5.56 Å². The molecule has 1 aliphatic rings. The third-order valence-corrected chi connectivity index (χ3v) is 5.28. The summed E-state index contributed by atoms with van der Waals surface area (Å²) in [6.07, 6.45) is 4.93. The monoisotopic (exact) mass is 377 g/mol. The summed E-state index contributed by atoms with van der Waals surface area (Å²) < 4.78 is 5.82. The van der Waals surface area contributed by atoms with E-state index in [0.717, 1.165) is 62.0 Å². The maximum absolute atomic E-state index is 5.82. The van der Waals surface area contributed by atoms with Crippen LogP contribution in [-0.4, -0.2) is 38.2 Å². The summed E-state index contributed by atoms with van der Waals surface area (Å²) in [7, 11) is 0. The van der Waals surface area contributed by atoms with Crippen molar-refractivity contribution >= 4 is 0 Å². The van der Waals surface area contributed by atoms with Gasteiger partial charge >= 0.3 is 0 Å². The summed E-state index contributed by atoms with van der Waals surface area (Å²) >= 11 is 0. The zero-order valence-electron chi connectivity index (χ0n) is 16.3. The van der Waals surface area contributed by atoms with Crippen LogP contribution in [0.15, 0.2) is 48.7 Å². The molecule has 3 aromatic rings. The van der Waals surface area contributed by atoms with Crippen molar-refractivity contribution in [1.82, 2.24) is 25.1 Å². The van der Waals surface area contributed by atoms with Gasteiger partial charge in [0.2, 0.25) is 0 Å². The van der Waals surface area contributed by atoms with Crippen LogP contribution in [-0.2, 0) is 19.6 Å². The van der Waals surface area contributed by atoms with E-state index in [-0.39, 0.29) is 0 Å². The van der Waals surface area contributed by atoms with Crippen molar-refractivity contribution in [1.29, 1.82) is 0 Å². The lowest BCUT2D eigenvalue weighted by molar-refractivity contribution is 0.201. The zero-order valence-corrected chi connectivity index (χ0v) is 16.3. The van der Waals surface area contributed by atoms with E-state index in [0.29, 0.717) is 12.5 Å². The first-order valence-corrected chi connectivity index (χ1v) is 10.1. The fraction of sp³-hybridized carbons (Fsp3) is 0.409. The molecular weight excluding hydrogens is 350 g/mol. The molecule has 1 aliphatic heterocycles. The quantitative estimate of drug-likeness (QED) is 0.680. The summed E-state index contributed by atoms with van der Waals surface area (Å²) in [5.74, 6) is 3.34. The number of pyridine rings is 1. The Morgan fingerprint density at radius 3 is 2.61 bits per heavy atom. The zero-order chi connectivity index (χ0) is 19.2. The lowest BCUT2D eigenvalue weighted by Gasteiger charge is -2.30. The van der Waals surface area contributed by atoms with Gasteiger partial charge in [-0.2, -0.15) is 5.10 Å². The number of ether oxygens (including phenoxy) is 1. The van der Waals surface area contributed by atoms with Gasteiger partial charge in [0, 0.05) is 25.1 Å². The third-order valence-electron chi connectivity index (χ3n) is 5.28. The molecule has 0 amide bonds. The molecule has 1 fully saturated rings. The smallest absolute Gasteiger partial charge is 0.153 e. The Balaban J connectivity index is 1.25. The van der Waals surface area contributed by atoms with Crippen molar-refractivity contribution in [3.8, 4) is 5.75 Å². The molecule has 4 rings (SSSR count). The van der Waals surface area contributed by atoms with Crippen LogP contribution in [0.2, 0.25) is 0 Å². The number of piperidine rings is 1. The van der Waals surface area contributed by atoms with Crippen molar-refractivity contribution in [2.24, 2.45) is 0 Å². The van der Waals surface area contributed by atoms with Crippen molar-refractivity contribution in [3.63, 3.8) is 0 Å². The van der Waals surface area contributed by atoms with E-state index in [1.807, 2.05) is 30.3 Å². The largest absolute Gasteiger partial charge is 0.487 e. The van der Waals surface area contributed by atoms with Crippen molar-refractivity contribution < 1.29 is 4.74 Å². The fourth-order valence-electron chi connectivity index (χ4n) is 3.59. The van der Waals surface area contributed by atoms with Gasteiger partial charge in [-0.25, -0.2) is 4.98 Å². The van der Waals surface area contributed by atoms with Crippen LogP contribution in [0.25, 0.3) is 0 Å². The van der Waals surface area contributed by atoms with Gasteiger partial charge in [-0.15, -0.1) is 0 Å². The first kappa shape index (κ1) is 18.6. The number of hydrogen-bond acceptors (Lipinski definition) is 5. The number of aryl methyl sites for hydroxylation is 1. The molecule has 1 aromatic carbocycles. The molecular formula is C22H27N5O. The number of nitrogens with one attached hydrogen (secondary N) is 1. The molecule has 0 unspecified atom stereocenters. The molecule has 3 heterocycles. The second-order valence-corrected chi connectivity index (χ2v) is 7.30. The first-order valence-electron chi connectivity index (χ1n) is 10.1. The average molecular weight is 377 g/mol. The summed E-state index contributed by atoms with van der Waals surface area (Å²) in [4.78, 5) is 11.4. The van der Waals surface area contributed by atoms with E-state index < -0.39 is 0 Å². The van der Waals surface area contributed by atoms with Gasteiger partial charge < -0.3 is 4.74 Å². The van der Waals surface area contributed by atoms with Crippen LogP contribution in [0.5, 0.6) is 5.75 Å². The molecule has 0 radical (unpaired) electrons. The van der Waals surface area contributed by atoms with Gasteiger partial charge in [-0.05, 0) is 55.8 Å². The van der Waals surface area contributed by atoms with Crippen LogP contribution in [0.4, 0.5) is 0 Å². The number of H-pyrrole nitrogens is 1. The predicted molar refractivity (Wildman–Crippen MR) is 108 cm³/mol. The molecule has 0 atom stereocenters. The summed E-state index contributed by atoms with van der Waals surface area (Å²) in [5.41, 5.74) is 2.25. The lowest BCUT2D eigenvalue weighted by Crippen LogP contribution is -2.32. The topological polar surface area (TPSA) is 66.9 Å². The number of rotatable bonds is 7. The maximum Gasteiger partial charge on any atom is 0.153 e. The molecule has 0 spiro atoms. The number of likely N-dealkylation sites (tertiary alicyclic amines) is 1. The molecule has 0 aliphatic carbocycles. The van der Waals surface area contributed by atoms with E-state index >= 15 is 0 Å². The average Bonchev–Trinajstić information content (AvgIpc) is 3.24. The minimum atomic E-state index is 0.482. The summed E-state index contributed by atoms with van der Waals surface area (Å²) in [5, 5.41) is 7.44. The minimum Gasteiger partial charge on any atom is -0.487 e. The first-order chi connectivity index (χ1) is 13.8. The summed E-state index contributed by atoms with van der Waals surface area (Å²) in [6, 6.07) is 14.3. The van der Waals surface area contributed by atoms with Gasteiger partial charge in [-0.3, -0.25) is 15.0 Å². The molecule has 1 N–H and O–H groups in total. The molecule has 0 bridgehead atoms. The Morgan fingerprint density at radius 1 is 1.11 bits per heavy atom. The van der Waals surface area contributed by atoms with Crippen LogP contribution in [0.3, 0.4) is 0 Å². The second kappa shape index (κ2) is 8.97. The Morgan fingerprint density at radius 2 is 1.93 bits per heavy atom. The number of aromatic nitrogens is 4. The fourth-order valence-corrected chi connectivity index (χ4v) is 3.59. The Labute approximate surface area is 166 Å². The van der Waals surface area contributed by atoms with Gasteiger partial charge in [0.15, 0.2) is 5.82 Å². The van der Waals surface area contributed by atoms with Crippen LogP contribution in [0, 0.1) is 0 Å². The van der Waals surface area contributed by atoms with E-state index in [1.54, 1.807) is 6.20 Å². The molecule has 2 aromatic heterocycles. The van der Waals surface area contributed by atoms with Crippen LogP contribution >= 0.6 is 0 Å². The second-order valence-electron chi connectivity index (χ2n) is 7.30. The van der Waals surface area contributed by atoms with Gasteiger partial charge in [0.05, 0.1) is 5.69 Å². The van der Waals surface area contributed by atoms with E-state index in [9.17, 15) is 0 Å². The number of benzene rings is 1. The molecule has 28 heavy (non-hydrogen) atoms. The van der Waals surface area contributed by atoms with Crippen molar-refractivity contribution in [2.75, 3.05) is 13.1 Å². The number of aromatic amines is 1. The maximum atomic E-state index is 5.82. The van der Waals surface area contributed by atoms with Crippen molar-refractivity contribution in [2.45, 2.75) is 45.3 Å². The predicted octanol–water partition coefficient (Wildman–Crippen LogP) is 3.72. The van der Waals surface area contributed by atoms with Gasteiger partial charge in [0.25, 0.3) is 0 Å². The Hall–Kier alpha value is -2.73. The molecule has 6 heteroatoms. The van der Waals surface area contributed by atoms with E-state index in [4.69, 9.17) is 4.74 Å². The van der Waals surface area contributed by atoms with Crippen molar-refractivity contribution in [3.05, 3.63) is 71.6 Å². The third kappa shape index (κ3) is 4.75. The SMILES string of the molecule is CCc1nc(C2CCN(Cc3ccc(OCc4ccccn4)cc3)CC2)n[nH]1. The number of nitrogens with zero attached hydrogens (tertiary/aromatic N) is 4. The van der Waals surface area contributed by atoms with Crippen LogP contribution in [0.1, 0.15) is 48.6 Å². The normalized spacial score (nSPS) is 15.6. The van der Waals surface area contributed by atoms with Gasteiger partial charge in [0.1, 0.15) is 18.2 Å². The number of hydrogen-bond donors (Lipinski definition) is 1. The summed E-state index contributed by atoms with van der Waals surface area (Å²) in [6.45, 7) is 5.73. The lowest BCUT2D eigenvalue weighted by atomic mass is 9.96.